The number of benzene rings is 1. The Labute approximate surface area is 103 Å². The molecule has 0 aliphatic carbocycles. The summed E-state index contributed by atoms with van der Waals surface area (Å²) in [7, 11) is 0. The van der Waals surface area contributed by atoms with E-state index >= 15 is 0 Å². The van der Waals surface area contributed by atoms with Gasteiger partial charge < -0.3 is 11.1 Å². The van der Waals surface area contributed by atoms with Gasteiger partial charge in [-0.1, -0.05) is 23.8 Å². The van der Waals surface area contributed by atoms with Crippen molar-refractivity contribution < 1.29 is 4.79 Å². The average molecular weight is 243 g/mol. The van der Waals surface area contributed by atoms with Gasteiger partial charge in [0.15, 0.2) is 0 Å². The van der Waals surface area contributed by atoms with Crippen LogP contribution in [0.1, 0.15) is 23.1 Å². The Balaban J connectivity index is 0.00000225. The molecule has 1 aromatic rings. The van der Waals surface area contributed by atoms with E-state index < -0.39 is 0 Å². The maximum Gasteiger partial charge on any atom is 0.221 e. The average Bonchev–Trinajstić information content (AvgIpc) is 2.17. The van der Waals surface area contributed by atoms with Crippen molar-refractivity contribution in [3.05, 3.63) is 34.9 Å². The zero-order valence-electron chi connectivity index (χ0n) is 9.75. The van der Waals surface area contributed by atoms with Crippen LogP contribution in [0, 0.1) is 13.8 Å². The third kappa shape index (κ3) is 4.64. The van der Waals surface area contributed by atoms with Crippen LogP contribution in [0.25, 0.3) is 0 Å². The number of nitrogens with two attached hydrogens (primary N) is 1. The van der Waals surface area contributed by atoms with E-state index in [9.17, 15) is 4.79 Å². The molecule has 0 unspecified atom stereocenters. The van der Waals surface area contributed by atoms with Gasteiger partial charge in [0.05, 0.1) is 0 Å². The van der Waals surface area contributed by atoms with Crippen LogP contribution in [0.5, 0.6) is 0 Å². The summed E-state index contributed by atoms with van der Waals surface area (Å²) >= 11 is 0. The van der Waals surface area contributed by atoms with Crippen LogP contribution < -0.4 is 11.1 Å². The molecule has 0 bridgehead atoms. The van der Waals surface area contributed by atoms with Gasteiger partial charge in [-0.05, 0) is 25.0 Å². The lowest BCUT2D eigenvalue weighted by Gasteiger charge is -2.08. The van der Waals surface area contributed by atoms with Gasteiger partial charge in [-0.2, -0.15) is 0 Å². The van der Waals surface area contributed by atoms with Gasteiger partial charge in [0.25, 0.3) is 0 Å². The molecule has 0 atom stereocenters. The number of rotatable bonds is 4. The van der Waals surface area contributed by atoms with E-state index in [1.807, 2.05) is 6.07 Å². The Bertz CT molecular complexity index is 353. The van der Waals surface area contributed by atoms with Crippen molar-refractivity contribution in [1.29, 1.82) is 0 Å². The normalized spacial score (nSPS) is 9.44. The van der Waals surface area contributed by atoms with Gasteiger partial charge in [0, 0.05) is 19.5 Å². The SMILES string of the molecule is Cc1ccc(CNC(=O)CCN)c(C)c1.Cl. The summed E-state index contributed by atoms with van der Waals surface area (Å²) in [5.74, 6) is 0.0116. The van der Waals surface area contributed by atoms with E-state index in [2.05, 4.69) is 31.3 Å². The van der Waals surface area contributed by atoms with Crippen LogP contribution in [0.15, 0.2) is 18.2 Å². The lowest BCUT2D eigenvalue weighted by Crippen LogP contribution is -2.25. The van der Waals surface area contributed by atoms with Crippen LogP contribution in [-0.4, -0.2) is 12.5 Å². The molecule has 3 N–H and O–H groups in total. The molecule has 0 saturated carbocycles. The van der Waals surface area contributed by atoms with Gasteiger partial charge in [0.2, 0.25) is 5.91 Å². The third-order valence-corrected chi connectivity index (χ3v) is 2.35. The number of nitrogens with one attached hydrogen (secondary N) is 1. The highest BCUT2D eigenvalue weighted by molar-refractivity contribution is 5.85. The van der Waals surface area contributed by atoms with Crippen molar-refractivity contribution >= 4 is 18.3 Å². The van der Waals surface area contributed by atoms with Crippen LogP contribution in [0.3, 0.4) is 0 Å². The predicted octanol–water partition coefficient (Wildman–Crippen LogP) is 1.69. The summed E-state index contributed by atoms with van der Waals surface area (Å²) in [6, 6.07) is 6.22. The lowest BCUT2D eigenvalue weighted by atomic mass is 10.1. The molecular formula is C12H19ClN2O. The molecule has 16 heavy (non-hydrogen) atoms. The highest BCUT2D eigenvalue weighted by Crippen LogP contribution is 2.09. The zero-order valence-corrected chi connectivity index (χ0v) is 10.6. The standard InChI is InChI=1S/C12H18N2O.ClH/c1-9-3-4-11(10(2)7-9)8-14-12(15)5-6-13;/h3-4,7H,5-6,8,13H2,1-2H3,(H,14,15);1H. The Morgan fingerprint density at radius 1 is 1.38 bits per heavy atom. The summed E-state index contributed by atoms with van der Waals surface area (Å²) in [6.07, 6.45) is 0.394. The molecule has 0 aliphatic heterocycles. The monoisotopic (exact) mass is 242 g/mol. The van der Waals surface area contributed by atoms with Gasteiger partial charge >= 0.3 is 0 Å². The fraction of sp³-hybridized carbons (Fsp3) is 0.417. The summed E-state index contributed by atoms with van der Waals surface area (Å²) in [4.78, 5) is 11.2. The highest BCUT2D eigenvalue weighted by Gasteiger charge is 2.01. The molecule has 0 heterocycles. The third-order valence-electron chi connectivity index (χ3n) is 2.35. The van der Waals surface area contributed by atoms with Gasteiger partial charge in [-0.15, -0.1) is 12.4 Å². The fourth-order valence-corrected chi connectivity index (χ4v) is 1.46. The molecule has 90 valence electrons. The largest absolute Gasteiger partial charge is 0.352 e. The number of hydrogen-bond acceptors (Lipinski definition) is 2. The minimum Gasteiger partial charge on any atom is -0.352 e. The molecule has 0 spiro atoms. The van der Waals surface area contributed by atoms with E-state index in [0.29, 0.717) is 19.5 Å². The van der Waals surface area contributed by atoms with E-state index in [1.54, 1.807) is 0 Å². The molecular weight excluding hydrogens is 224 g/mol. The lowest BCUT2D eigenvalue weighted by molar-refractivity contribution is -0.121. The number of amides is 1. The summed E-state index contributed by atoms with van der Waals surface area (Å²) in [6.45, 7) is 5.10. The first-order valence-electron chi connectivity index (χ1n) is 5.16. The van der Waals surface area contributed by atoms with Crippen molar-refractivity contribution in [2.24, 2.45) is 5.73 Å². The summed E-state index contributed by atoms with van der Waals surface area (Å²) < 4.78 is 0. The quantitative estimate of drug-likeness (QED) is 0.844. The second-order valence-corrected chi connectivity index (χ2v) is 3.75. The second kappa shape index (κ2) is 7.25. The molecule has 0 aromatic heterocycles. The fourth-order valence-electron chi connectivity index (χ4n) is 1.46. The van der Waals surface area contributed by atoms with E-state index in [-0.39, 0.29) is 18.3 Å². The smallest absolute Gasteiger partial charge is 0.221 e. The van der Waals surface area contributed by atoms with Crippen molar-refractivity contribution in [3.8, 4) is 0 Å². The molecule has 0 fully saturated rings. The number of hydrogen-bond donors (Lipinski definition) is 2. The topological polar surface area (TPSA) is 55.1 Å². The molecule has 4 heteroatoms. The predicted molar refractivity (Wildman–Crippen MR) is 68.7 cm³/mol. The van der Waals surface area contributed by atoms with Crippen LogP contribution >= 0.6 is 12.4 Å². The second-order valence-electron chi connectivity index (χ2n) is 3.75. The minimum atomic E-state index is 0. The molecule has 0 aliphatic rings. The van der Waals surface area contributed by atoms with Crippen molar-refractivity contribution in [3.63, 3.8) is 0 Å². The van der Waals surface area contributed by atoms with E-state index in [4.69, 9.17) is 5.73 Å². The number of carbonyl (C=O) groups is 1. The number of carbonyl (C=O) groups excluding carboxylic acids is 1. The van der Waals surface area contributed by atoms with E-state index in [1.165, 1.54) is 11.1 Å². The van der Waals surface area contributed by atoms with Gasteiger partial charge in [-0.25, -0.2) is 0 Å². The Kier molecular flexibility index (Phi) is 6.77. The van der Waals surface area contributed by atoms with Crippen LogP contribution in [0.2, 0.25) is 0 Å². The highest BCUT2D eigenvalue weighted by atomic mass is 35.5. The first-order chi connectivity index (χ1) is 7.13. The molecule has 1 aromatic carbocycles. The minimum absolute atomic E-state index is 0. The van der Waals surface area contributed by atoms with Crippen molar-refractivity contribution in [2.75, 3.05) is 6.54 Å². The van der Waals surface area contributed by atoms with Gasteiger partial charge in [-0.3, -0.25) is 4.79 Å². The Hall–Kier alpha value is -1.06. The first kappa shape index (κ1) is 14.9. The van der Waals surface area contributed by atoms with Crippen LogP contribution in [-0.2, 0) is 11.3 Å². The Morgan fingerprint density at radius 2 is 2.06 bits per heavy atom. The molecule has 1 amide bonds. The Morgan fingerprint density at radius 3 is 2.62 bits per heavy atom. The zero-order chi connectivity index (χ0) is 11.3. The summed E-state index contributed by atoms with van der Waals surface area (Å²) in [5, 5.41) is 2.84. The number of aryl methyl sites for hydroxylation is 2. The summed E-state index contributed by atoms with van der Waals surface area (Å²) in [5.41, 5.74) is 8.90. The van der Waals surface area contributed by atoms with Gasteiger partial charge in [0.1, 0.15) is 0 Å². The number of halogens is 1. The first-order valence-corrected chi connectivity index (χ1v) is 5.16. The van der Waals surface area contributed by atoms with E-state index in [0.717, 1.165) is 5.56 Å². The van der Waals surface area contributed by atoms with Crippen molar-refractivity contribution in [2.45, 2.75) is 26.8 Å². The van der Waals surface area contributed by atoms with Crippen molar-refractivity contribution in [1.82, 2.24) is 5.32 Å². The maximum absolute atomic E-state index is 11.2. The van der Waals surface area contributed by atoms with Crippen LogP contribution in [0.4, 0.5) is 0 Å². The molecule has 3 nitrogen and oxygen atoms in total. The molecule has 0 radical (unpaired) electrons. The maximum atomic E-state index is 11.2. The molecule has 1 rings (SSSR count). The molecule has 0 saturated heterocycles.